The van der Waals surface area contributed by atoms with Gasteiger partial charge in [-0.1, -0.05) is 0 Å². The van der Waals surface area contributed by atoms with Crippen molar-refractivity contribution in [3.05, 3.63) is 30.0 Å². The number of nitrogens with one attached hydrogen (secondary N) is 2. The van der Waals surface area contributed by atoms with Gasteiger partial charge >= 0.3 is 0 Å². The molecule has 3 heterocycles. The van der Waals surface area contributed by atoms with E-state index >= 15 is 0 Å². The van der Waals surface area contributed by atoms with Gasteiger partial charge in [-0.05, 0) is 30.5 Å². The Bertz CT molecular complexity index is 950. The highest BCUT2D eigenvalue weighted by molar-refractivity contribution is 5.92. The van der Waals surface area contributed by atoms with Crippen molar-refractivity contribution in [2.75, 3.05) is 32.8 Å². The Morgan fingerprint density at radius 3 is 2.59 bits per heavy atom. The molecule has 4 rings (SSSR count). The van der Waals surface area contributed by atoms with Crippen LogP contribution in [0, 0.1) is 6.92 Å². The molecule has 0 spiro atoms. The summed E-state index contributed by atoms with van der Waals surface area (Å²) in [6, 6.07) is 7.63. The maximum Gasteiger partial charge on any atom is 0.223 e. The number of ether oxygens (including phenoxy) is 4. The standard InChI is InChI=1S/C19H22N4O4/c1-11-6-18(23-22-11)20-17-8-12-7-15(24-2)16(25-3)9-14(12)19(21-17)27-13-4-5-26-10-13/h6-9,13H,4-5,10H2,1-3H3,(H2,20,21,22,23)/t13-/m0/s1. The van der Waals surface area contributed by atoms with Gasteiger partial charge in [0.1, 0.15) is 11.9 Å². The number of hydrogen-bond acceptors (Lipinski definition) is 7. The molecule has 0 radical (unpaired) electrons. The third kappa shape index (κ3) is 3.61. The SMILES string of the molecule is COc1cc2cc(Nc3cc(C)[nH]n3)nc(O[C@H]3CCOC3)c2cc1OC. The molecule has 1 atom stereocenters. The number of aromatic amines is 1. The van der Waals surface area contributed by atoms with Crippen molar-refractivity contribution >= 4 is 22.4 Å². The minimum Gasteiger partial charge on any atom is -0.493 e. The van der Waals surface area contributed by atoms with E-state index in [1.165, 1.54) is 0 Å². The molecule has 8 nitrogen and oxygen atoms in total. The number of anilines is 2. The van der Waals surface area contributed by atoms with Crippen molar-refractivity contribution in [3.8, 4) is 17.4 Å². The molecule has 1 aliphatic rings. The van der Waals surface area contributed by atoms with Crippen LogP contribution in [0.1, 0.15) is 12.1 Å². The van der Waals surface area contributed by atoms with Crippen molar-refractivity contribution in [2.24, 2.45) is 0 Å². The van der Waals surface area contributed by atoms with E-state index in [9.17, 15) is 0 Å². The summed E-state index contributed by atoms with van der Waals surface area (Å²) in [7, 11) is 3.22. The average molecular weight is 370 g/mol. The van der Waals surface area contributed by atoms with Gasteiger partial charge in [0.15, 0.2) is 17.3 Å². The van der Waals surface area contributed by atoms with Gasteiger partial charge in [0.05, 0.1) is 27.4 Å². The maximum absolute atomic E-state index is 6.14. The molecule has 3 aromatic rings. The number of H-pyrrole nitrogens is 1. The second-order valence-electron chi connectivity index (χ2n) is 6.41. The van der Waals surface area contributed by atoms with E-state index in [-0.39, 0.29) is 6.10 Å². The first-order valence-corrected chi connectivity index (χ1v) is 8.76. The van der Waals surface area contributed by atoms with Crippen LogP contribution in [0.2, 0.25) is 0 Å². The normalized spacial score (nSPS) is 16.5. The molecule has 1 saturated heterocycles. The highest BCUT2D eigenvalue weighted by Crippen LogP contribution is 2.37. The number of aromatic nitrogens is 3. The summed E-state index contributed by atoms with van der Waals surface area (Å²) in [6.07, 6.45) is 0.823. The van der Waals surface area contributed by atoms with Gasteiger partial charge in [0.2, 0.25) is 5.88 Å². The van der Waals surface area contributed by atoms with Crippen LogP contribution in [0.15, 0.2) is 24.3 Å². The molecular formula is C19H22N4O4. The van der Waals surface area contributed by atoms with Crippen LogP contribution in [0.25, 0.3) is 10.8 Å². The third-order valence-electron chi connectivity index (χ3n) is 4.43. The number of benzene rings is 1. The topological polar surface area (TPSA) is 90.5 Å². The second kappa shape index (κ2) is 7.32. The predicted molar refractivity (Wildman–Crippen MR) is 101 cm³/mol. The molecule has 1 fully saturated rings. The van der Waals surface area contributed by atoms with Crippen LogP contribution in [-0.2, 0) is 4.74 Å². The first kappa shape index (κ1) is 17.4. The summed E-state index contributed by atoms with van der Waals surface area (Å²) in [5, 5.41) is 12.1. The zero-order chi connectivity index (χ0) is 18.8. The monoisotopic (exact) mass is 370 g/mol. The zero-order valence-corrected chi connectivity index (χ0v) is 15.5. The van der Waals surface area contributed by atoms with Gasteiger partial charge in [-0.2, -0.15) is 10.1 Å². The Balaban J connectivity index is 1.78. The van der Waals surface area contributed by atoms with E-state index in [1.807, 2.05) is 31.2 Å². The largest absolute Gasteiger partial charge is 0.493 e. The molecule has 2 N–H and O–H groups in total. The molecule has 8 heteroatoms. The van der Waals surface area contributed by atoms with Gasteiger partial charge in [0.25, 0.3) is 0 Å². The predicted octanol–water partition coefficient (Wildman–Crippen LogP) is 3.19. The quantitative estimate of drug-likeness (QED) is 0.688. The first-order chi connectivity index (χ1) is 13.2. The number of methoxy groups -OCH3 is 2. The molecule has 0 unspecified atom stereocenters. The van der Waals surface area contributed by atoms with Gasteiger partial charge in [-0.25, -0.2) is 0 Å². The molecule has 2 aromatic heterocycles. The van der Waals surface area contributed by atoms with Crippen molar-refractivity contribution in [3.63, 3.8) is 0 Å². The zero-order valence-electron chi connectivity index (χ0n) is 15.5. The van der Waals surface area contributed by atoms with Crippen LogP contribution >= 0.6 is 0 Å². The number of fused-ring (bicyclic) bond motifs is 1. The summed E-state index contributed by atoms with van der Waals surface area (Å²) < 4.78 is 22.4. The number of rotatable bonds is 6. The van der Waals surface area contributed by atoms with Crippen LogP contribution in [0.5, 0.6) is 17.4 Å². The van der Waals surface area contributed by atoms with E-state index in [4.69, 9.17) is 18.9 Å². The summed E-state index contributed by atoms with van der Waals surface area (Å²) in [6.45, 7) is 3.20. The van der Waals surface area contributed by atoms with Crippen LogP contribution in [-0.4, -0.2) is 48.7 Å². The Morgan fingerprint density at radius 2 is 1.93 bits per heavy atom. The Hall–Kier alpha value is -3.00. The van der Waals surface area contributed by atoms with Crippen molar-refractivity contribution < 1.29 is 18.9 Å². The Labute approximate surface area is 156 Å². The lowest BCUT2D eigenvalue weighted by atomic mass is 10.1. The number of hydrogen-bond donors (Lipinski definition) is 2. The lowest BCUT2D eigenvalue weighted by Crippen LogP contribution is -2.17. The van der Waals surface area contributed by atoms with Crippen LogP contribution in [0.4, 0.5) is 11.6 Å². The summed E-state index contributed by atoms with van der Waals surface area (Å²) in [5.74, 6) is 3.12. The van der Waals surface area contributed by atoms with E-state index < -0.39 is 0 Å². The molecule has 142 valence electrons. The lowest BCUT2D eigenvalue weighted by molar-refractivity contribution is 0.139. The van der Waals surface area contributed by atoms with Crippen molar-refractivity contribution in [1.82, 2.24) is 15.2 Å². The summed E-state index contributed by atoms with van der Waals surface area (Å²) in [4.78, 5) is 4.66. The van der Waals surface area contributed by atoms with E-state index in [0.29, 0.717) is 42.2 Å². The maximum atomic E-state index is 6.14. The van der Waals surface area contributed by atoms with E-state index in [1.54, 1.807) is 14.2 Å². The fraction of sp³-hybridized carbons (Fsp3) is 0.368. The van der Waals surface area contributed by atoms with Gasteiger partial charge in [0, 0.05) is 23.6 Å². The molecule has 0 amide bonds. The number of aryl methyl sites for hydroxylation is 1. The van der Waals surface area contributed by atoms with E-state index in [2.05, 4.69) is 20.5 Å². The minimum absolute atomic E-state index is 0.0170. The molecular weight excluding hydrogens is 348 g/mol. The fourth-order valence-electron chi connectivity index (χ4n) is 3.08. The number of nitrogens with zero attached hydrogens (tertiary/aromatic N) is 2. The molecule has 0 aliphatic carbocycles. The molecule has 1 aliphatic heterocycles. The average Bonchev–Trinajstić information content (AvgIpc) is 3.32. The second-order valence-corrected chi connectivity index (χ2v) is 6.41. The van der Waals surface area contributed by atoms with E-state index in [0.717, 1.165) is 22.9 Å². The molecule has 27 heavy (non-hydrogen) atoms. The Morgan fingerprint density at radius 1 is 1.11 bits per heavy atom. The highest BCUT2D eigenvalue weighted by Gasteiger charge is 2.21. The molecule has 0 saturated carbocycles. The van der Waals surface area contributed by atoms with Gasteiger partial charge < -0.3 is 24.3 Å². The molecule has 1 aromatic carbocycles. The molecule has 0 bridgehead atoms. The summed E-state index contributed by atoms with van der Waals surface area (Å²) in [5.41, 5.74) is 0.962. The summed E-state index contributed by atoms with van der Waals surface area (Å²) >= 11 is 0. The highest BCUT2D eigenvalue weighted by atomic mass is 16.5. The first-order valence-electron chi connectivity index (χ1n) is 8.76. The van der Waals surface area contributed by atoms with Gasteiger partial charge in [-0.15, -0.1) is 0 Å². The fourth-order valence-corrected chi connectivity index (χ4v) is 3.08. The lowest BCUT2D eigenvalue weighted by Gasteiger charge is -2.16. The van der Waals surface area contributed by atoms with Crippen LogP contribution in [0.3, 0.4) is 0 Å². The van der Waals surface area contributed by atoms with Crippen molar-refractivity contribution in [2.45, 2.75) is 19.4 Å². The third-order valence-corrected chi connectivity index (χ3v) is 4.43. The smallest absolute Gasteiger partial charge is 0.223 e. The Kier molecular flexibility index (Phi) is 4.72. The van der Waals surface area contributed by atoms with Crippen LogP contribution < -0.4 is 19.5 Å². The number of pyridine rings is 1. The van der Waals surface area contributed by atoms with Crippen molar-refractivity contribution in [1.29, 1.82) is 0 Å². The van der Waals surface area contributed by atoms with Gasteiger partial charge in [-0.3, -0.25) is 5.10 Å². The minimum atomic E-state index is -0.0170.